The highest BCUT2D eigenvalue weighted by molar-refractivity contribution is 5.27. The van der Waals surface area contributed by atoms with Crippen LogP contribution in [0.5, 0.6) is 5.75 Å². The monoisotopic (exact) mass is 265 g/mol. The van der Waals surface area contributed by atoms with Crippen molar-refractivity contribution in [2.75, 3.05) is 19.8 Å². The lowest BCUT2D eigenvalue weighted by atomic mass is 10.0. The SMILES string of the molecule is NCC(CF)Cc1ccc(OCC(F)(F)F)cc1. The molecule has 0 heterocycles. The van der Waals surface area contributed by atoms with Crippen molar-refractivity contribution in [3.8, 4) is 5.75 Å². The van der Waals surface area contributed by atoms with Gasteiger partial charge in [-0.05, 0) is 30.7 Å². The Balaban J connectivity index is 2.52. The van der Waals surface area contributed by atoms with E-state index in [-0.39, 0.29) is 18.2 Å². The van der Waals surface area contributed by atoms with Gasteiger partial charge in [-0.25, -0.2) is 0 Å². The Morgan fingerprint density at radius 3 is 2.22 bits per heavy atom. The van der Waals surface area contributed by atoms with E-state index in [1.807, 2.05) is 0 Å². The third-order valence-corrected chi connectivity index (χ3v) is 2.40. The fourth-order valence-electron chi connectivity index (χ4n) is 1.42. The first-order valence-electron chi connectivity index (χ1n) is 5.49. The molecule has 0 aromatic heterocycles. The summed E-state index contributed by atoms with van der Waals surface area (Å²) in [5.74, 6) is -0.118. The Labute approximate surface area is 103 Å². The number of nitrogens with two attached hydrogens (primary N) is 1. The van der Waals surface area contributed by atoms with Crippen LogP contribution in [0.3, 0.4) is 0 Å². The fourth-order valence-corrected chi connectivity index (χ4v) is 1.42. The van der Waals surface area contributed by atoms with Crippen molar-refractivity contribution in [3.63, 3.8) is 0 Å². The van der Waals surface area contributed by atoms with Gasteiger partial charge in [0.2, 0.25) is 0 Å². The summed E-state index contributed by atoms with van der Waals surface area (Å²) in [6.07, 6.45) is -3.88. The van der Waals surface area contributed by atoms with Gasteiger partial charge in [-0.2, -0.15) is 13.2 Å². The van der Waals surface area contributed by atoms with E-state index < -0.39 is 19.5 Å². The van der Waals surface area contributed by atoms with Gasteiger partial charge in [0.15, 0.2) is 6.61 Å². The maximum absolute atomic E-state index is 12.4. The molecule has 1 atom stereocenters. The highest BCUT2D eigenvalue weighted by Gasteiger charge is 2.28. The van der Waals surface area contributed by atoms with Crippen molar-refractivity contribution in [2.24, 2.45) is 11.7 Å². The standard InChI is InChI=1S/C12H15F4NO/c13-6-10(7-17)5-9-1-3-11(4-2-9)18-8-12(14,15)16/h1-4,10H,5-8,17H2. The Kier molecular flexibility index (Phi) is 5.40. The van der Waals surface area contributed by atoms with Gasteiger partial charge in [0.05, 0.1) is 6.67 Å². The molecule has 1 aromatic rings. The Morgan fingerprint density at radius 1 is 1.17 bits per heavy atom. The van der Waals surface area contributed by atoms with E-state index >= 15 is 0 Å². The van der Waals surface area contributed by atoms with Crippen LogP contribution in [0, 0.1) is 5.92 Å². The van der Waals surface area contributed by atoms with Gasteiger partial charge in [0.1, 0.15) is 5.75 Å². The molecule has 0 aliphatic rings. The highest BCUT2D eigenvalue weighted by atomic mass is 19.4. The maximum atomic E-state index is 12.4. The summed E-state index contributed by atoms with van der Waals surface area (Å²) in [6, 6.07) is 6.10. The average molecular weight is 265 g/mol. The lowest BCUT2D eigenvalue weighted by Gasteiger charge is -2.12. The molecule has 0 saturated heterocycles. The Morgan fingerprint density at radius 2 is 1.78 bits per heavy atom. The second-order valence-electron chi connectivity index (χ2n) is 4.01. The largest absolute Gasteiger partial charge is 0.484 e. The quantitative estimate of drug-likeness (QED) is 0.803. The van der Waals surface area contributed by atoms with Crippen molar-refractivity contribution in [1.82, 2.24) is 0 Å². The topological polar surface area (TPSA) is 35.2 Å². The molecular formula is C12H15F4NO. The van der Waals surface area contributed by atoms with Gasteiger partial charge in [0, 0.05) is 5.92 Å². The predicted octanol–water partition coefficient (Wildman–Crippen LogP) is 2.71. The molecule has 0 saturated carbocycles. The molecule has 2 N–H and O–H groups in total. The second-order valence-corrected chi connectivity index (χ2v) is 4.01. The number of hydrogen-bond acceptors (Lipinski definition) is 2. The molecule has 1 rings (SSSR count). The van der Waals surface area contributed by atoms with Gasteiger partial charge in [0.25, 0.3) is 0 Å². The van der Waals surface area contributed by atoms with Crippen molar-refractivity contribution < 1.29 is 22.3 Å². The minimum atomic E-state index is -4.35. The Hall–Kier alpha value is -1.30. The van der Waals surface area contributed by atoms with E-state index in [0.717, 1.165) is 5.56 Å². The molecule has 0 bridgehead atoms. The van der Waals surface area contributed by atoms with Crippen LogP contribution in [0.1, 0.15) is 5.56 Å². The average Bonchev–Trinajstić information content (AvgIpc) is 2.34. The summed E-state index contributed by atoms with van der Waals surface area (Å²) >= 11 is 0. The first kappa shape index (κ1) is 14.8. The zero-order valence-electron chi connectivity index (χ0n) is 9.71. The van der Waals surface area contributed by atoms with Crippen molar-refractivity contribution in [2.45, 2.75) is 12.6 Å². The number of hydrogen-bond donors (Lipinski definition) is 1. The van der Waals surface area contributed by atoms with Crippen LogP contribution in [0.25, 0.3) is 0 Å². The summed E-state index contributed by atoms with van der Waals surface area (Å²) in [5.41, 5.74) is 6.19. The van der Waals surface area contributed by atoms with Gasteiger partial charge < -0.3 is 10.5 Å². The lowest BCUT2D eigenvalue weighted by molar-refractivity contribution is -0.153. The number of ether oxygens (including phenoxy) is 1. The summed E-state index contributed by atoms with van der Waals surface area (Å²) in [5, 5.41) is 0. The van der Waals surface area contributed by atoms with Gasteiger partial charge in [-0.15, -0.1) is 0 Å². The second kappa shape index (κ2) is 6.58. The maximum Gasteiger partial charge on any atom is 0.422 e. The molecular weight excluding hydrogens is 250 g/mol. The molecule has 0 aliphatic heterocycles. The molecule has 102 valence electrons. The first-order valence-corrected chi connectivity index (χ1v) is 5.49. The number of benzene rings is 1. The predicted molar refractivity (Wildman–Crippen MR) is 60.2 cm³/mol. The molecule has 0 amide bonds. The molecule has 0 spiro atoms. The lowest BCUT2D eigenvalue weighted by Crippen LogP contribution is -2.19. The minimum Gasteiger partial charge on any atom is -0.484 e. The number of halogens is 4. The zero-order valence-corrected chi connectivity index (χ0v) is 9.71. The van der Waals surface area contributed by atoms with Crippen LogP contribution in [-0.4, -0.2) is 26.0 Å². The third kappa shape index (κ3) is 5.35. The normalized spacial score (nSPS) is 13.4. The summed E-state index contributed by atoms with van der Waals surface area (Å²) < 4.78 is 52.7. The van der Waals surface area contributed by atoms with Crippen molar-refractivity contribution in [3.05, 3.63) is 29.8 Å². The third-order valence-electron chi connectivity index (χ3n) is 2.40. The molecule has 6 heteroatoms. The number of alkyl halides is 4. The molecule has 0 aliphatic carbocycles. The molecule has 18 heavy (non-hydrogen) atoms. The molecule has 0 radical (unpaired) electrons. The van der Waals surface area contributed by atoms with E-state index in [0.29, 0.717) is 6.42 Å². The van der Waals surface area contributed by atoms with E-state index in [1.54, 1.807) is 12.1 Å². The van der Waals surface area contributed by atoms with E-state index in [2.05, 4.69) is 4.74 Å². The Bertz CT molecular complexity index is 346. The molecule has 2 nitrogen and oxygen atoms in total. The van der Waals surface area contributed by atoms with E-state index in [4.69, 9.17) is 5.73 Å². The zero-order chi connectivity index (χ0) is 13.6. The molecule has 1 unspecified atom stereocenters. The van der Waals surface area contributed by atoms with Gasteiger partial charge in [-0.3, -0.25) is 4.39 Å². The molecule has 0 fully saturated rings. The highest BCUT2D eigenvalue weighted by Crippen LogP contribution is 2.19. The van der Waals surface area contributed by atoms with E-state index in [9.17, 15) is 17.6 Å². The van der Waals surface area contributed by atoms with Crippen LogP contribution < -0.4 is 10.5 Å². The minimum absolute atomic E-state index is 0.139. The van der Waals surface area contributed by atoms with Crippen molar-refractivity contribution >= 4 is 0 Å². The van der Waals surface area contributed by atoms with Crippen LogP contribution in [0.2, 0.25) is 0 Å². The van der Waals surface area contributed by atoms with E-state index in [1.165, 1.54) is 12.1 Å². The summed E-state index contributed by atoms with van der Waals surface area (Å²) in [6.45, 7) is -1.59. The smallest absolute Gasteiger partial charge is 0.422 e. The van der Waals surface area contributed by atoms with Crippen LogP contribution in [0.4, 0.5) is 17.6 Å². The van der Waals surface area contributed by atoms with Crippen molar-refractivity contribution in [1.29, 1.82) is 0 Å². The van der Waals surface area contributed by atoms with Gasteiger partial charge in [-0.1, -0.05) is 12.1 Å². The van der Waals surface area contributed by atoms with Crippen LogP contribution >= 0.6 is 0 Å². The van der Waals surface area contributed by atoms with Gasteiger partial charge >= 0.3 is 6.18 Å². The number of rotatable bonds is 6. The fraction of sp³-hybridized carbons (Fsp3) is 0.500. The van der Waals surface area contributed by atoms with Crippen LogP contribution in [-0.2, 0) is 6.42 Å². The molecule has 1 aromatic carbocycles. The first-order chi connectivity index (χ1) is 8.44. The summed E-state index contributed by atoms with van der Waals surface area (Å²) in [7, 11) is 0. The van der Waals surface area contributed by atoms with Crippen LogP contribution in [0.15, 0.2) is 24.3 Å². The summed E-state index contributed by atoms with van der Waals surface area (Å²) in [4.78, 5) is 0.